The summed E-state index contributed by atoms with van der Waals surface area (Å²) >= 11 is 0. The fourth-order valence-corrected chi connectivity index (χ4v) is 3.17. The van der Waals surface area contributed by atoms with E-state index in [1.807, 2.05) is 18.2 Å². The van der Waals surface area contributed by atoms with Gasteiger partial charge in [0.25, 0.3) is 0 Å². The summed E-state index contributed by atoms with van der Waals surface area (Å²) in [5, 5.41) is 7.08. The molecule has 3 aromatic heterocycles. The van der Waals surface area contributed by atoms with E-state index in [0.29, 0.717) is 29.4 Å². The van der Waals surface area contributed by atoms with Crippen LogP contribution in [0.4, 0.5) is 0 Å². The smallest absolute Gasteiger partial charge is 0.352 e. The highest BCUT2D eigenvalue weighted by Gasteiger charge is 2.18. The van der Waals surface area contributed by atoms with E-state index < -0.39 is 5.69 Å². The highest BCUT2D eigenvalue weighted by atomic mass is 16.5. The molecule has 27 heavy (non-hydrogen) atoms. The van der Waals surface area contributed by atoms with Gasteiger partial charge >= 0.3 is 5.69 Å². The number of pyridine rings is 1. The number of hydrogen-bond donors (Lipinski definition) is 1. The maximum Gasteiger partial charge on any atom is 0.352 e. The second kappa shape index (κ2) is 7.28. The fourth-order valence-electron chi connectivity index (χ4n) is 3.17. The van der Waals surface area contributed by atoms with Crippen LogP contribution in [-0.2, 0) is 16.1 Å². The standard InChI is InChI=1S/C18H20N6O3/c1-12-21-15(14-6-2-3-7-19-14)9-16-22-23(18(26)24(12)16)11-17(25)20-10-13-5-4-8-27-13/h2-3,6-7,9,13H,4-5,8,10-11H2,1H3,(H,20,25). The van der Waals surface area contributed by atoms with Gasteiger partial charge in [-0.05, 0) is 31.9 Å². The van der Waals surface area contributed by atoms with Crippen molar-refractivity contribution < 1.29 is 9.53 Å². The van der Waals surface area contributed by atoms with E-state index in [1.165, 1.54) is 4.40 Å². The molecular formula is C18H20N6O3. The Morgan fingerprint density at radius 2 is 2.26 bits per heavy atom. The molecule has 0 aromatic carbocycles. The maximum absolute atomic E-state index is 12.6. The molecule has 1 N–H and O–H groups in total. The van der Waals surface area contributed by atoms with Crippen LogP contribution in [0.15, 0.2) is 35.3 Å². The molecule has 1 aliphatic heterocycles. The first-order valence-corrected chi connectivity index (χ1v) is 8.89. The summed E-state index contributed by atoms with van der Waals surface area (Å²) in [4.78, 5) is 33.5. The normalized spacial score (nSPS) is 16.7. The summed E-state index contributed by atoms with van der Waals surface area (Å²) in [5.41, 5.74) is 1.36. The number of carbonyl (C=O) groups excluding carboxylic acids is 1. The largest absolute Gasteiger partial charge is 0.376 e. The predicted octanol–water partition coefficient (Wildman–Crippen LogP) is 0.557. The van der Waals surface area contributed by atoms with Crippen LogP contribution in [0.5, 0.6) is 0 Å². The molecule has 9 nitrogen and oxygen atoms in total. The van der Waals surface area contributed by atoms with Gasteiger partial charge in [-0.1, -0.05) is 6.07 Å². The summed E-state index contributed by atoms with van der Waals surface area (Å²) in [6.45, 7) is 2.76. The third kappa shape index (κ3) is 3.59. The SMILES string of the molecule is Cc1nc(-c2ccccn2)cc2nn(CC(=O)NCC3CCCO3)c(=O)n12. The average molecular weight is 368 g/mol. The predicted molar refractivity (Wildman–Crippen MR) is 97.2 cm³/mol. The number of nitrogens with one attached hydrogen (secondary N) is 1. The van der Waals surface area contributed by atoms with Crippen LogP contribution in [0.3, 0.4) is 0 Å². The van der Waals surface area contributed by atoms with Gasteiger partial charge in [0.15, 0.2) is 5.65 Å². The van der Waals surface area contributed by atoms with Crippen molar-refractivity contribution in [2.24, 2.45) is 0 Å². The number of fused-ring (bicyclic) bond motifs is 1. The van der Waals surface area contributed by atoms with Gasteiger partial charge in [-0.25, -0.2) is 18.9 Å². The maximum atomic E-state index is 12.6. The molecule has 0 spiro atoms. The zero-order valence-electron chi connectivity index (χ0n) is 15.0. The zero-order valence-corrected chi connectivity index (χ0v) is 15.0. The Labute approximate surface area is 155 Å². The number of ether oxygens (including phenoxy) is 1. The highest BCUT2D eigenvalue weighted by Crippen LogP contribution is 2.15. The van der Waals surface area contributed by atoms with Crippen molar-refractivity contribution in [2.75, 3.05) is 13.2 Å². The summed E-state index contributed by atoms with van der Waals surface area (Å²) in [6.07, 6.45) is 3.69. The molecule has 4 rings (SSSR count). The Balaban J connectivity index is 1.57. The molecule has 1 atom stereocenters. The fraction of sp³-hybridized carbons (Fsp3) is 0.389. The van der Waals surface area contributed by atoms with Crippen molar-refractivity contribution in [1.29, 1.82) is 0 Å². The Bertz CT molecular complexity index is 1020. The van der Waals surface area contributed by atoms with Crippen LogP contribution in [0.25, 0.3) is 17.0 Å². The molecule has 1 amide bonds. The lowest BCUT2D eigenvalue weighted by Crippen LogP contribution is -2.36. The molecule has 0 aliphatic carbocycles. The lowest BCUT2D eigenvalue weighted by atomic mass is 10.2. The van der Waals surface area contributed by atoms with E-state index >= 15 is 0 Å². The van der Waals surface area contributed by atoms with Gasteiger partial charge in [-0.3, -0.25) is 9.78 Å². The van der Waals surface area contributed by atoms with Gasteiger partial charge in [-0.15, -0.1) is 5.10 Å². The first kappa shape index (κ1) is 17.3. The monoisotopic (exact) mass is 368 g/mol. The van der Waals surface area contributed by atoms with Crippen LogP contribution in [0.1, 0.15) is 18.7 Å². The molecule has 4 heterocycles. The number of carbonyl (C=O) groups is 1. The van der Waals surface area contributed by atoms with Crippen LogP contribution in [-0.4, -0.2) is 49.3 Å². The summed E-state index contributed by atoms with van der Waals surface area (Å²) in [7, 11) is 0. The number of aryl methyl sites for hydroxylation is 1. The van der Waals surface area contributed by atoms with Crippen molar-refractivity contribution in [3.63, 3.8) is 0 Å². The lowest BCUT2D eigenvalue weighted by Gasteiger charge is -2.10. The first-order valence-electron chi connectivity index (χ1n) is 8.89. The number of hydrogen-bond acceptors (Lipinski definition) is 6. The van der Waals surface area contributed by atoms with Gasteiger partial charge in [0.05, 0.1) is 17.5 Å². The third-order valence-corrected chi connectivity index (χ3v) is 4.51. The molecule has 0 saturated carbocycles. The Kier molecular flexibility index (Phi) is 4.68. The molecule has 1 saturated heterocycles. The van der Waals surface area contributed by atoms with E-state index in [9.17, 15) is 9.59 Å². The van der Waals surface area contributed by atoms with Crippen molar-refractivity contribution in [3.8, 4) is 11.4 Å². The molecule has 0 radical (unpaired) electrons. The first-order chi connectivity index (χ1) is 13.1. The average Bonchev–Trinajstić information content (AvgIpc) is 3.29. The van der Waals surface area contributed by atoms with Crippen molar-refractivity contribution >= 4 is 11.6 Å². The lowest BCUT2D eigenvalue weighted by molar-refractivity contribution is -0.122. The van der Waals surface area contributed by atoms with Gasteiger partial charge < -0.3 is 10.1 Å². The minimum atomic E-state index is -0.394. The molecular weight excluding hydrogens is 348 g/mol. The zero-order chi connectivity index (χ0) is 18.8. The van der Waals surface area contributed by atoms with E-state index in [1.54, 1.807) is 19.2 Å². The molecule has 9 heteroatoms. The number of nitrogens with zero attached hydrogens (tertiary/aromatic N) is 5. The molecule has 3 aromatic rings. The molecule has 1 fully saturated rings. The number of aromatic nitrogens is 5. The molecule has 0 bridgehead atoms. The van der Waals surface area contributed by atoms with E-state index in [2.05, 4.69) is 20.4 Å². The number of rotatable bonds is 5. The summed E-state index contributed by atoms with van der Waals surface area (Å²) in [6, 6.07) is 7.22. The second-order valence-electron chi connectivity index (χ2n) is 6.48. The van der Waals surface area contributed by atoms with Gasteiger partial charge in [0.2, 0.25) is 5.91 Å². The van der Waals surface area contributed by atoms with Crippen LogP contribution in [0, 0.1) is 6.92 Å². The van der Waals surface area contributed by atoms with E-state index in [-0.39, 0.29) is 18.6 Å². The van der Waals surface area contributed by atoms with Crippen molar-refractivity contribution in [2.45, 2.75) is 32.4 Å². The van der Waals surface area contributed by atoms with Gasteiger partial charge in [0, 0.05) is 25.4 Å². The van der Waals surface area contributed by atoms with Crippen molar-refractivity contribution in [1.82, 2.24) is 29.5 Å². The van der Waals surface area contributed by atoms with Gasteiger partial charge in [-0.2, -0.15) is 0 Å². The van der Waals surface area contributed by atoms with Gasteiger partial charge in [0.1, 0.15) is 12.4 Å². The molecule has 1 unspecified atom stereocenters. The Morgan fingerprint density at radius 3 is 3.00 bits per heavy atom. The Hall–Kier alpha value is -3.07. The van der Waals surface area contributed by atoms with Crippen LogP contribution >= 0.6 is 0 Å². The van der Waals surface area contributed by atoms with Crippen LogP contribution < -0.4 is 11.0 Å². The summed E-state index contributed by atoms with van der Waals surface area (Å²) in [5.74, 6) is 0.218. The molecule has 1 aliphatic rings. The van der Waals surface area contributed by atoms with E-state index in [0.717, 1.165) is 24.1 Å². The molecule has 140 valence electrons. The third-order valence-electron chi connectivity index (χ3n) is 4.51. The van der Waals surface area contributed by atoms with Crippen LogP contribution in [0.2, 0.25) is 0 Å². The summed E-state index contributed by atoms with van der Waals surface area (Å²) < 4.78 is 8.02. The topological polar surface area (TPSA) is 103 Å². The number of amides is 1. The minimum absolute atomic E-state index is 0.0547. The quantitative estimate of drug-likeness (QED) is 0.706. The second-order valence-corrected chi connectivity index (χ2v) is 6.48. The van der Waals surface area contributed by atoms with Crippen molar-refractivity contribution in [3.05, 3.63) is 46.8 Å². The van der Waals surface area contributed by atoms with E-state index in [4.69, 9.17) is 4.74 Å². The Morgan fingerprint density at radius 1 is 1.37 bits per heavy atom. The minimum Gasteiger partial charge on any atom is -0.376 e. The highest BCUT2D eigenvalue weighted by molar-refractivity contribution is 5.75.